The standard InChI is InChI=1S/C18H30O.Na.H2O4S.H/c1-2-3-4-5-6-7-8-9-10-11-14-17-15-12-13-16-18(17)19;;1-5(2,3)4;/h12-13,15-16,19H,2-11,14H2,1H3;;(H2,1,2,3,4);/q;+1;;-1. The van der Waals surface area contributed by atoms with E-state index < -0.39 is 10.4 Å². The predicted octanol–water partition coefficient (Wildman–Crippen LogP) is 2.32. The number of phenolic OH excluding ortho intramolecular Hbond substituents is 1. The molecule has 3 N–H and O–H groups in total. The molecule has 0 spiro atoms. The van der Waals surface area contributed by atoms with Crippen molar-refractivity contribution >= 4 is 10.4 Å². The van der Waals surface area contributed by atoms with Crippen LogP contribution in [0.1, 0.15) is 78.1 Å². The fourth-order valence-corrected chi connectivity index (χ4v) is 2.53. The topological polar surface area (TPSA) is 94.8 Å². The van der Waals surface area contributed by atoms with Crippen molar-refractivity contribution in [3.63, 3.8) is 0 Å². The normalized spacial score (nSPS) is 10.5. The van der Waals surface area contributed by atoms with Crippen LogP contribution in [0, 0.1) is 0 Å². The Kier molecular flexibility index (Phi) is 18.8. The Bertz CT molecular complexity index is 518. The second kappa shape index (κ2) is 17.3. The van der Waals surface area contributed by atoms with Crippen molar-refractivity contribution in [3.8, 4) is 5.75 Å². The molecule has 0 aromatic heterocycles. The Labute approximate surface area is 176 Å². The maximum absolute atomic E-state index is 9.65. The second-order valence-corrected chi connectivity index (χ2v) is 6.90. The van der Waals surface area contributed by atoms with E-state index in [1.165, 1.54) is 64.2 Å². The van der Waals surface area contributed by atoms with Crippen molar-refractivity contribution in [2.24, 2.45) is 0 Å². The third-order valence-electron chi connectivity index (χ3n) is 3.79. The van der Waals surface area contributed by atoms with E-state index in [0.717, 1.165) is 12.0 Å². The molecule has 7 heteroatoms. The summed E-state index contributed by atoms with van der Waals surface area (Å²) in [4.78, 5) is 0. The van der Waals surface area contributed by atoms with Gasteiger partial charge in [0, 0.05) is 0 Å². The van der Waals surface area contributed by atoms with Crippen LogP contribution in [0.5, 0.6) is 5.75 Å². The number of hydrogen-bond acceptors (Lipinski definition) is 3. The second-order valence-electron chi connectivity index (χ2n) is 6.01. The summed E-state index contributed by atoms with van der Waals surface area (Å²) in [7, 11) is -4.67. The first kappa shape index (κ1) is 27.1. The van der Waals surface area contributed by atoms with Crippen LogP contribution >= 0.6 is 0 Å². The molecular formula is C18H33NaO5S. The van der Waals surface area contributed by atoms with Crippen molar-refractivity contribution in [3.05, 3.63) is 29.8 Å². The van der Waals surface area contributed by atoms with E-state index in [0.29, 0.717) is 5.75 Å². The Morgan fingerprint density at radius 1 is 0.840 bits per heavy atom. The van der Waals surface area contributed by atoms with Gasteiger partial charge in [-0.15, -0.1) is 0 Å². The van der Waals surface area contributed by atoms with E-state index in [1.54, 1.807) is 6.07 Å². The first-order chi connectivity index (χ1) is 11.3. The molecule has 1 rings (SSSR count). The summed E-state index contributed by atoms with van der Waals surface area (Å²) in [5.74, 6) is 0.457. The van der Waals surface area contributed by atoms with Crippen LogP contribution in [0.4, 0.5) is 0 Å². The Balaban J connectivity index is -0.000000668. The van der Waals surface area contributed by atoms with Crippen LogP contribution in [0.25, 0.3) is 0 Å². The molecule has 0 atom stereocenters. The summed E-state index contributed by atoms with van der Waals surface area (Å²) < 4.78 is 31.6. The summed E-state index contributed by atoms with van der Waals surface area (Å²) in [6.45, 7) is 2.27. The van der Waals surface area contributed by atoms with E-state index in [4.69, 9.17) is 17.5 Å². The third-order valence-corrected chi connectivity index (χ3v) is 3.79. The van der Waals surface area contributed by atoms with Gasteiger partial charge in [-0.2, -0.15) is 8.42 Å². The molecule has 0 amide bonds. The van der Waals surface area contributed by atoms with Crippen LogP contribution in [0.3, 0.4) is 0 Å². The molecule has 0 unspecified atom stereocenters. The van der Waals surface area contributed by atoms with Crippen molar-refractivity contribution < 1.29 is 53.6 Å². The van der Waals surface area contributed by atoms with E-state index in [1.807, 2.05) is 18.2 Å². The predicted molar refractivity (Wildman–Crippen MR) is 98.9 cm³/mol. The van der Waals surface area contributed by atoms with Gasteiger partial charge in [-0.1, -0.05) is 82.9 Å². The summed E-state index contributed by atoms with van der Waals surface area (Å²) in [5, 5.41) is 9.65. The van der Waals surface area contributed by atoms with Gasteiger partial charge in [0.15, 0.2) is 0 Å². The average Bonchev–Trinajstić information content (AvgIpc) is 2.49. The van der Waals surface area contributed by atoms with Gasteiger partial charge in [-0.25, -0.2) is 0 Å². The van der Waals surface area contributed by atoms with Crippen molar-refractivity contribution in [2.75, 3.05) is 0 Å². The molecule has 1 aromatic rings. The number of rotatable bonds is 11. The zero-order chi connectivity index (χ0) is 18.3. The van der Waals surface area contributed by atoms with Gasteiger partial charge >= 0.3 is 40.0 Å². The maximum atomic E-state index is 9.65. The minimum Gasteiger partial charge on any atom is -1.00 e. The van der Waals surface area contributed by atoms with Crippen molar-refractivity contribution in [2.45, 2.75) is 77.6 Å². The monoisotopic (exact) mass is 384 g/mol. The van der Waals surface area contributed by atoms with E-state index in [9.17, 15) is 5.11 Å². The van der Waals surface area contributed by atoms with Crippen molar-refractivity contribution in [1.29, 1.82) is 0 Å². The molecule has 1 aromatic carbocycles. The van der Waals surface area contributed by atoms with Crippen LogP contribution in [0.15, 0.2) is 24.3 Å². The van der Waals surface area contributed by atoms with Crippen molar-refractivity contribution in [1.82, 2.24) is 0 Å². The zero-order valence-corrected chi connectivity index (χ0v) is 18.5. The van der Waals surface area contributed by atoms with E-state index in [2.05, 4.69) is 6.92 Å². The fourth-order valence-electron chi connectivity index (χ4n) is 2.53. The smallest absolute Gasteiger partial charge is 1.00 e. The molecule has 0 saturated carbocycles. The van der Waals surface area contributed by atoms with Gasteiger partial charge in [0.2, 0.25) is 0 Å². The summed E-state index contributed by atoms with van der Waals surface area (Å²) in [6, 6.07) is 7.71. The molecule has 25 heavy (non-hydrogen) atoms. The SMILES string of the molecule is CCCCCCCCCCCCc1ccccc1O.O=S(=O)(O)O.[H-].[Na+]. The maximum Gasteiger partial charge on any atom is 1.00 e. The number of benzene rings is 1. The molecule has 0 aliphatic rings. The molecule has 142 valence electrons. The number of hydrogen-bond donors (Lipinski definition) is 3. The number of phenols is 1. The number of aryl methyl sites for hydroxylation is 1. The first-order valence-electron chi connectivity index (χ1n) is 8.81. The van der Waals surface area contributed by atoms with Crippen LogP contribution in [0.2, 0.25) is 0 Å². The van der Waals surface area contributed by atoms with Crippen LogP contribution in [-0.4, -0.2) is 22.6 Å². The van der Waals surface area contributed by atoms with Gasteiger partial charge < -0.3 is 6.53 Å². The average molecular weight is 385 g/mol. The summed E-state index contributed by atoms with van der Waals surface area (Å²) >= 11 is 0. The van der Waals surface area contributed by atoms with E-state index in [-0.39, 0.29) is 31.0 Å². The van der Waals surface area contributed by atoms with E-state index >= 15 is 0 Å². The van der Waals surface area contributed by atoms with Crippen LogP contribution in [-0.2, 0) is 16.8 Å². The molecule has 5 nitrogen and oxygen atoms in total. The molecule has 0 aliphatic carbocycles. The van der Waals surface area contributed by atoms with Gasteiger partial charge in [-0.3, -0.25) is 9.11 Å². The third kappa shape index (κ3) is 21.8. The molecule has 0 aliphatic heterocycles. The minimum atomic E-state index is -4.67. The Morgan fingerprint density at radius 3 is 1.68 bits per heavy atom. The number of aromatic hydroxyl groups is 1. The molecule has 0 saturated heterocycles. The summed E-state index contributed by atoms with van der Waals surface area (Å²) in [5.41, 5.74) is 1.10. The fraction of sp³-hybridized carbons (Fsp3) is 0.667. The quantitative estimate of drug-likeness (QED) is 0.309. The van der Waals surface area contributed by atoms with Gasteiger partial charge in [-0.05, 0) is 24.5 Å². The Morgan fingerprint density at radius 2 is 1.24 bits per heavy atom. The molecular weight excluding hydrogens is 351 g/mol. The van der Waals surface area contributed by atoms with Crippen LogP contribution < -0.4 is 29.6 Å². The Hall–Kier alpha value is -0.110. The molecule has 0 radical (unpaired) electrons. The number of para-hydroxylation sites is 1. The van der Waals surface area contributed by atoms with Gasteiger partial charge in [0.25, 0.3) is 0 Å². The number of unbranched alkanes of at least 4 members (excludes halogenated alkanes) is 9. The summed E-state index contributed by atoms with van der Waals surface area (Å²) in [6.07, 6.45) is 14.6. The largest absolute Gasteiger partial charge is 1.00 e. The first-order valence-corrected chi connectivity index (χ1v) is 10.2. The molecule has 0 bridgehead atoms. The molecule has 0 heterocycles. The zero-order valence-electron chi connectivity index (χ0n) is 16.7. The minimum absolute atomic E-state index is 0. The van der Waals surface area contributed by atoms with Gasteiger partial charge in [0.05, 0.1) is 0 Å². The van der Waals surface area contributed by atoms with Gasteiger partial charge in [0.1, 0.15) is 5.75 Å². The molecule has 0 fully saturated rings.